The van der Waals surface area contributed by atoms with Crippen LogP contribution in [0.25, 0.3) is 0 Å². The molecule has 4 heteroatoms. The fourth-order valence-corrected chi connectivity index (χ4v) is 2.45. The molecule has 0 radical (unpaired) electrons. The van der Waals surface area contributed by atoms with Gasteiger partial charge in [-0.3, -0.25) is 0 Å². The van der Waals surface area contributed by atoms with Gasteiger partial charge in [-0.1, -0.05) is 23.7 Å². The summed E-state index contributed by atoms with van der Waals surface area (Å²) in [4.78, 5) is 2.17. The molecule has 1 heterocycles. The third-order valence-electron chi connectivity index (χ3n) is 3.47. The minimum atomic E-state index is -0.794. The number of benzene rings is 1. The third kappa shape index (κ3) is 2.97. The minimum Gasteiger partial charge on any atom is -0.389 e. The zero-order chi connectivity index (χ0) is 12.5. The molecule has 0 aliphatic carbocycles. The maximum Gasteiger partial charge on any atom is 0.145 e. The quantitative estimate of drug-likeness (QED) is 0.880. The Kier molecular flexibility index (Phi) is 3.71. The van der Waals surface area contributed by atoms with Gasteiger partial charge < -0.3 is 10.0 Å². The summed E-state index contributed by atoms with van der Waals surface area (Å²) in [6, 6.07) is 4.94. The Morgan fingerprint density at radius 2 is 2.06 bits per heavy atom. The Bertz CT molecular complexity index is 402. The Labute approximate surface area is 106 Å². The van der Waals surface area contributed by atoms with Crippen LogP contribution in [-0.4, -0.2) is 35.7 Å². The third-order valence-corrected chi connectivity index (χ3v) is 3.76. The fraction of sp³-hybridized carbons (Fsp3) is 0.538. The molecule has 0 bridgehead atoms. The van der Waals surface area contributed by atoms with E-state index < -0.39 is 11.4 Å². The van der Waals surface area contributed by atoms with Gasteiger partial charge >= 0.3 is 0 Å². The highest BCUT2D eigenvalue weighted by Gasteiger charge is 2.32. The number of rotatable bonds is 2. The van der Waals surface area contributed by atoms with Gasteiger partial charge in [0.25, 0.3) is 0 Å². The Morgan fingerprint density at radius 1 is 1.41 bits per heavy atom. The lowest BCUT2D eigenvalue weighted by Gasteiger charge is -2.36. The molecule has 1 aliphatic heterocycles. The smallest absolute Gasteiger partial charge is 0.145 e. The number of likely N-dealkylation sites (tertiary alicyclic amines) is 1. The van der Waals surface area contributed by atoms with Crippen LogP contribution in [0.4, 0.5) is 4.39 Å². The van der Waals surface area contributed by atoms with Gasteiger partial charge in [0.05, 0.1) is 10.6 Å². The molecular formula is C13H17ClFNO. The van der Waals surface area contributed by atoms with Crippen molar-refractivity contribution in [2.75, 3.05) is 20.1 Å². The molecule has 1 N–H and O–H groups in total. The van der Waals surface area contributed by atoms with Crippen molar-refractivity contribution >= 4 is 11.6 Å². The molecule has 0 amide bonds. The van der Waals surface area contributed by atoms with Crippen LogP contribution in [-0.2, 0) is 6.42 Å². The molecule has 0 spiro atoms. The normalized spacial score (nSPS) is 20.5. The molecule has 2 nitrogen and oxygen atoms in total. The largest absolute Gasteiger partial charge is 0.389 e. The number of hydrogen-bond donors (Lipinski definition) is 1. The van der Waals surface area contributed by atoms with Crippen molar-refractivity contribution in [1.29, 1.82) is 0 Å². The van der Waals surface area contributed by atoms with Gasteiger partial charge in [0, 0.05) is 19.5 Å². The van der Waals surface area contributed by atoms with E-state index in [2.05, 4.69) is 4.90 Å². The first-order valence-corrected chi connectivity index (χ1v) is 6.22. The maximum atomic E-state index is 13.7. The SMILES string of the molecule is CN1CCC(O)(Cc2cccc(Cl)c2F)CC1. The van der Waals surface area contributed by atoms with Crippen molar-refractivity contribution in [3.05, 3.63) is 34.6 Å². The average molecular weight is 258 g/mol. The van der Waals surface area contributed by atoms with Crippen LogP contribution >= 0.6 is 11.6 Å². The number of nitrogens with zero attached hydrogens (tertiary/aromatic N) is 1. The van der Waals surface area contributed by atoms with E-state index >= 15 is 0 Å². The molecule has 2 rings (SSSR count). The fourth-order valence-electron chi connectivity index (χ4n) is 2.25. The van der Waals surface area contributed by atoms with Crippen molar-refractivity contribution in [3.8, 4) is 0 Å². The highest BCUT2D eigenvalue weighted by molar-refractivity contribution is 6.30. The summed E-state index contributed by atoms with van der Waals surface area (Å²) < 4.78 is 13.7. The summed E-state index contributed by atoms with van der Waals surface area (Å²) in [7, 11) is 2.03. The number of piperidine rings is 1. The summed E-state index contributed by atoms with van der Waals surface area (Å²) in [6.45, 7) is 1.69. The Morgan fingerprint density at radius 3 is 2.71 bits per heavy atom. The van der Waals surface area contributed by atoms with Gasteiger partial charge in [-0.05, 0) is 31.5 Å². The minimum absolute atomic E-state index is 0.124. The molecule has 1 aromatic carbocycles. The molecule has 1 aliphatic rings. The van der Waals surface area contributed by atoms with Gasteiger partial charge in [-0.15, -0.1) is 0 Å². The zero-order valence-electron chi connectivity index (χ0n) is 9.92. The lowest BCUT2D eigenvalue weighted by molar-refractivity contribution is -0.0156. The van der Waals surface area contributed by atoms with Crippen LogP contribution in [0.1, 0.15) is 18.4 Å². The topological polar surface area (TPSA) is 23.5 Å². The maximum absolute atomic E-state index is 13.7. The number of halogens is 2. The van der Waals surface area contributed by atoms with E-state index in [1.807, 2.05) is 7.05 Å². The highest BCUT2D eigenvalue weighted by Crippen LogP contribution is 2.28. The summed E-state index contributed by atoms with van der Waals surface area (Å²) in [5.41, 5.74) is -0.289. The molecule has 0 saturated carbocycles. The Hall–Kier alpha value is -0.640. The second-order valence-corrected chi connectivity index (χ2v) is 5.32. The summed E-state index contributed by atoms with van der Waals surface area (Å²) in [5, 5.41) is 10.5. The van der Waals surface area contributed by atoms with Crippen LogP contribution in [0.3, 0.4) is 0 Å². The summed E-state index contributed by atoms with van der Waals surface area (Å²) in [6.07, 6.45) is 1.69. The van der Waals surface area contributed by atoms with Crippen molar-refractivity contribution in [3.63, 3.8) is 0 Å². The molecule has 17 heavy (non-hydrogen) atoms. The Balaban J connectivity index is 2.12. The predicted molar refractivity (Wildman–Crippen MR) is 66.8 cm³/mol. The number of hydrogen-bond acceptors (Lipinski definition) is 2. The van der Waals surface area contributed by atoms with Gasteiger partial charge in [-0.2, -0.15) is 0 Å². The van der Waals surface area contributed by atoms with E-state index in [0.717, 1.165) is 13.1 Å². The van der Waals surface area contributed by atoms with E-state index in [0.29, 0.717) is 24.8 Å². The van der Waals surface area contributed by atoms with Crippen LogP contribution in [0.15, 0.2) is 18.2 Å². The molecule has 0 atom stereocenters. The summed E-state index contributed by atoms with van der Waals surface area (Å²) >= 11 is 5.74. The first kappa shape index (κ1) is 12.8. The highest BCUT2D eigenvalue weighted by atomic mass is 35.5. The summed E-state index contributed by atoms with van der Waals surface area (Å²) in [5.74, 6) is -0.401. The van der Waals surface area contributed by atoms with E-state index in [-0.39, 0.29) is 5.02 Å². The van der Waals surface area contributed by atoms with Crippen molar-refractivity contribution in [2.45, 2.75) is 24.9 Å². The molecular weight excluding hydrogens is 241 g/mol. The van der Waals surface area contributed by atoms with E-state index in [1.165, 1.54) is 6.07 Å². The van der Waals surface area contributed by atoms with Crippen LogP contribution in [0, 0.1) is 5.82 Å². The van der Waals surface area contributed by atoms with Gasteiger partial charge in [0.1, 0.15) is 5.82 Å². The molecule has 1 aromatic rings. The second-order valence-electron chi connectivity index (χ2n) is 4.92. The second kappa shape index (κ2) is 4.92. The average Bonchev–Trinajstić information content (AvgIpc) is 2.30. The van der Waals surface area contributed by atoms with Crippen LogP contribution in [0.2, 0.25) is 5.02 Å². The molecule has 0 unspecified atom stereocenters. The van der Waals surface area contributed by atoms with E-state index in [1.54, 1.807) is 12.1 Å². The van der Waals surface area contributed by atoms with Crippen molar-refractivity contribution < 1.29 is 9.50 Å². The molecule has 0 aromatic heterocycles. The van der Waals surface area contributed by atoms with Crippen molar-refractivity contribution in [2.24, 2.45) is 0 Å². The molecule has 1 fully saturated rings. The van der Waals surface area contributed by atoms with E-state index in [4.69, 9.17) is 11.6 Å². The molecule has 1 saturated heterocycles. The predicted octanol–water partition coefficient (Wildman–Crippen LogP) is 2.48. The van der Waals surface area contributed by atoms with Crippen LogP contribution < -0.4 is 0 Å². The van der Waals surface area contributed by atoms with Crippen molar-refractivity contribution in [1.82, 2.24) is 4.90 Å². The molecule has 94 valence electrons. The monoisotopic (exact) mass is 257 g/mol. The lowest BCUT2D eigenvalue weighted by Crippen LogP contribution is -2.44. The van der Waals surface area contributed by atoms with E-state index in [9.17, 15) is 9.50 Å². The first-order valence-electron chi connectivity index (χ1n) is 5.84. The number of aliphatic hydroxyl groups is 1. The standard InChI is InChI=1S/C13H17ClFNO/c1-16-7-5-13(17,6-8-16)9-10-3-2-4-11(14)12(10)15/h2-4,17H,5-9H2,1H3. The van der Waals surface area contributed by atoms with Gasteiger partial charge in [0.2, 0.25) is 0 Å². The lowest BCUT2D eigenvalue weighted by atomic mass is 9.85. The van der Waals surface area contributed by atoms with Gasteiger partial charge in [-0.25, -0.2) is 4.39 Å². The first-order chi connectivity index (χ1) is 8.00. The van der Waals surface area contributed by atoms with Crippen LogP contribution in [0.5, 0.6) is 0 Å². The zero-order valence-corrected chi connectivity index (χ0v) is 10.7. The van der Waals surface area contributed by atoms with Gasteiger partial charge in [0.15, 0.2) is 0 Å².